The van der Waals surface area contributed by atoms with Crippen LogP contribution in [-0.4, -0.2) is 46.0 Å². The first-order chi connectivity index (χ1) is 14.3. The van der Waals surface area contributed by atoms with Gasteiger partial charge in [-0.3, -0.25) is 19.2 Å². The first kappa shape index (κ1) is 19.9. The highest BCUT2D eigenvalue weighted by atomic mass is 16.5. The molecule has 2 saturated heterocycles. The van der Waals surface area contributed by atoms with E-state index in [9.17, 15) is 24.4 Å². The Morgan fingerprint density at radius 3 is 1.53 bits per heavy atom. The van der Waals surface area contributed by atoms with Gasteiger partial charge in [-0.15, -0.1) is 0 Å². The third-order valence-electron chi connectivity index (χ3n) is 5.40. The normalized spacial score (nSPS) is 22.0. The van der Waals surface area contributed by atoms with E-state index in [1.807, 2.05) is 26.0 Å². The summed E-state index contributed by atoms with van der Waals surface area (Å²) in [6.45, 7) is 3.68. The fourth-order valence-corrected chi connectivity index (χ4v) is 3.94. The molecule has 2 fully saturated rings. The summed E-state index contributed by atoms with van der Waals surface area (Å²) >= 11 is 0. The maximum absolute atomic E-state index is 12.9. The van der Waals surface area contributed by atoms with Crippen molar-refractivity contribution in [2.45, 2.75) is 38.8 Å². The van der Waals surface area contributed by atoms with Crippen molar-refractivity contribution in [3.8, 4) is 0 Å². The molecule has 2 aromatic rings. The van der Waals surface area contributed by atoms with Gasteiger partial charge in [0.1, 0.15) is 12.1 Å². The molecule has 2 aromatic carbocycles. The van der Waals surface area contributed by atoms with E-state index < -0.39 is 35.7 Å². The topological polar surface area (TPSA) is 98.2 Å². The Hall–Kier alpha value is -3.36. The van der Waals surface area contributed by atoms with Crippen LogP contribution in [0.3, 0.4) is 0 Å². The number of benzene rings is 2. The molecule has 1 N–H and O–H groups in total. The summed E-state index contributed by atoms with van der Waals surface area (Å²) in [5, 5.41) is 11.3. The lowest BCUT2D eigenvalue weighted by Gasteiger charge is -2.25. The fraction of sp³-hybridized carbons (Fsp3) is 0.273. The van der Waals surface area contributed by atoms with E-state index in [1.54, 1.807) is 36.4 Å². The van der Waals surface area contributed by atoms with Gasteiger partial charge >= 0.3 is 0 Å². The quantitative estimate of drug-likeness (QED) is 0.615. The average molecular weight is 407 g/mol. The predicted molar refractivity (Wildman–Crippen MR) is 108 cm³/mol. The fourth-order valence-electron chi connectivity index (χ4n) is 3.94. The van der Waals surface area contributed by atoms with E-state index in [1.165, 1.54) is 0 Å². The van der Waals surface area contributed by atoms with Crippen LogP contribution in [-0.2, 0) is 19.2 Å². The Bertz CT molecular complexity index is 983. The molecule has 0 saturated carbocycles. The Labute approximate surface area is 173 Å². The number of nitrogens with zero attached hydrogens (tertiary/aromatic N) is 3. The van der Waals surface area contributed by atoms with Crippen LogP contribution in [0.2, 0.25) is 0 Å². The largest absolute Gasteiger partial charge is 0.312 e. The Kier molecular flexibility index (Phi) is 4.97. The molecule has 4 amide bonds. The summed E-state index contributed by atoms with van der Waals surface area (Å²) in [7, 11) is 0. The smallest absolute Gasteiger partial charge is 0.254 e. The molecule has 0 spiro atoms. The van der Waals surface area contributed by atoms with E-state index in [0.29, 0.717) is 16.4 Å². The number of amides is 4. The monoisotopic (exact) mass is 407 g/mol. The van der Waals surface area contributed by atoms with Crippen LogP contribution in [0, 0.1) is 13.8 Å². The standard InChI is InChI=1S/C22H21N3O5/c1-13-5-3-7-15(9-13)23-19(26)11-17(21(23)28)25(30)18-12-20(27)24(22(18)29)16-8-4-6-14(2)10-16/h3-10,17-18,30H,11-12H2,1-2H3/t17-,18-/m1/s1. The lowest BCUT2D eigenvalue weighted by atomic mass is 10.1. The van der Waals surface area contributed by atoms with Gasteiger partial charge in [0, 0.05) is 0 Å². The Morgan fingerprint density at radius 2 is 1.17 bits per heavy atom. The number of rotatable bonds is 4. The molecule has 0 bridgehead atoms. The summed E-state index contributed by atoms with van der Waals surface area (Å²) in [6, 6.07) is 11.4. The van der Waals surface area contributed by atoms with Gasteiger partial charge in [-0.1, -0.05) is 24.3 Å². The van der Waals surface area contributed by atoms with Crippen LogP contribution in [0.25, 0.3) is 0 Å². The van der Waals surface area contributed by atoms with E-state index in [-0.39, 0.29) is 12.8 Å². The zero-order valence-corrected chi connectivity index (χ0v) is 16.6. The lowest BCUT2D eigenvalue weighted by Crippen LogP contribution is -2.49. The van der Waals surface area contributed by atoms with Gasteiger partial charge in [-0.2, -0.15) is 5.06 Å². The van der Waals surface area contributed by atoms with Crippen molar-refractivity contribution in [1.29, 1.82) is 0 Å². The zero-order chi connectivity index (χ0) is 21.6. The highest BCUT2D eigenvalue weighted by Crippen LogP contribution is 2.31. The van der Waals surface area contributed by atoms with Gasteiger partial charge < -0.3 is 5.21 Å². The second-order valence-corrected chi connectivity index (χ2v) is 7.63. The summed E-state index contributed by atoms with van der Waals surface area (Å²) in [5.74, 6) is -2.19. The maximum atomic E-state index is 12.9. The minimum Gasteiger partial charge on any atom is -0.312 e. The van der Waals surface area contributed by atoms with Gasteiger partial charge in [0.05, 0.1) is 24.2 Å². The van der Waals surface area contributed by atoms with Gasteiger partial charge in [-0.05, 0) is 49.2 Å². The van der Waals surface area contributed by atoms with E-state index in [4.69, 9.17) is 0 Å². The molecule has 2 heterocycles. The molecule has 2 aliphatic rings. The summed E-state index contributed by atoms with van der Waals surface area (Å²) in [6.07, 6.45) is -0.544. The number of anilines is 2. The third kappa shape index (κ3) is 3.30. The van der Waals surface area contributed by atoms with Crippen LogP contribution < -0.4 is 9.80 Å². The molecule has 8 heteroatoms. The highest BCUT2D eigenvalue weighted by molar-refractivity contribution is 6.24. The molecule has 0 aromatic heterocycles. The Balaban J connectivity index is 1.57. The molecular weight excluding hydrogens is 386 g/mol. The second-order valence-electron chi connectivity index (χ2n) is 7.63. The molecule has 0 radical (unpaired) electrons. The molecular formula is C22H21N3O5. The van der Waals surface area contributed by atoms with Crippen molar-refractivity contribution in [2.75, 3.05) is 9.80 Å². The highest BCUT2D eigenvalue weighted by Gasteiger charge is 2.50. The summed E-state index contributed by atoms with van der Waals surface area (Å²) in [4.78, 5) is 52.8. The van der Waals surface area contributed by atoms with E-state index in [0.717, 1.165) is 20.9 Å². The molecule has 30 heavy (non-hydrogen) atoms. The van der Waals surface area contributed by atoms with E-state index in [2.05, 4.69) is 0 Å². The van der Waals surface area contributed by atoms with E-state index >= 15 is 0 Å². The first-order valence-corrected chi connectivity index (χ1v) is 9.62. The summed E-state index contributed by atoms with van der Waals surface area (Å²) in [5.41, 5.74) is 2.58. The number of imide groups is 2. The van der Waals surface area contributed by atoms with Crippen molar-refractivity contribution in [3.63, 3.8) is 0 Å². The number of carbonyl (C=O) groups excluding carboxylic acids is 4. The first-order valence-electron chi connectivity index (χ1n) is 9.62. The van der Waals surface area contributed by atoms with Crippen LogP contribution in [0.15, 0.2) is 48.5 Å². The lowest BCUT2D eigenvalue weighted by molar-refractivity contribution is -0.172. The number of hydroxylamine groups is 2. The molecule has 0 aliphatic carbocycles. The van der Waals surface area contributed by atoms with Crippen LogP contribution in [0.1, 0.15) is 24.0 Å². The van der Waals surface area contributed by atoms with Crippen LogP contribution in [0.5, 0.6) is 0 Å². The average Bonchev–Trinajstić information content (AvgIpc) is 3.16. The number of aryl methyl sites for hydroxylation is 2. The molecule has 2 atom stereocenters. The molecule has 4 rings (SSSR count). The van der Waals surface area contributed by atoms with Gasteiger partial charge in [0.15, 0.2) is 0 Å². The molecule has 2 aliphatic heterocycles. The van der Waals surface area contributed by atoms with Gasteiger partial charge in [-0.25, -0.2) is 9.80 Å². The minimum absolute atomic E-state index is 0.272. The van der Waals surface area contributed by atoms with Crippen molar-refractivity contribution in [3.05, 3.63) is 59.7 Å². The van der Waals surface area contributed by atoms with Crippen LogP contribution >= 0.6 is 0 Å². The van der Waals surface area contributed by atoms with Crippen LogP contribution in [0.4, 0.5) is 11.4 Å². The molecule has 0 unspecified atom stereocenters. The van der Waals surface area contributed by atoms with Crippen molar-refractivity contribution in [1.82, 2.24) is 5.06 Å². The second kappa shape index (κ2) is 7.47. The minimum atomic E-state index is -1.22. The third-order valence-corrected chi connectivity index (χ3v) is 5.40. The predicted octanol–water partition coefficient (Wildman–Crippen LogP) is 1.96. The van der Waals surface area contributed by atoms with Gasteiger partial charge in [0.25, 0.3) is 11.8 Å². The van der Waals surface area contributed by atoms with Crippen molar-refractivity contribution in [2.24, 2.45) is 0 Å². The summed E-state index contributed by atoms with van der Waals surface area (Å²) < 4.78 is 0. The number of carbonyl (C=O) groups is 4. The molecule has 8 nitrogen and oxygen atoms in total. The zero-order valence-electron chi connectivity index (χ0n) is 16.6. The number of hydrogen-bond acceptors (Lipinski definition) is 6. The Morgan fingerprint density at radius 1 is 0.767 bits per heavy atom. The SMILES string of the molecule is Cc1cccc(N2C(=O)C[C@@H](N(O)[C@@H]3CC(=O)N(c4cccc(C)c4)C3=O)C2=O)c1. The van der Waals surface area contributed by atoms with Crippen molar-refractivity contribution >= 4 is 35.0 Å². The molecule has 154 valence electrons. The number of hydrogen-bond donors (Lipinski definition) is 1. The van der Waals surface area contributed by atoms with Gasteiger partial charge in [0.2, 0.25) is 11.8 Å². The van der Waals surface area contributed by atoms with Crippen molar-refractivity contribution < 1.29 is 24.4 Å². The maximum Gasteiger partial charge on any atom is 0.254 e.